The molecule has 1 aliphatic rings. The van der Waals surface area contributed by atoms with Crippen molar-refractivity contribution in [2.24, 2.45) is 0 Å². The molecule has 0 bridgehead atoms. The second-order valence-electron chi connectivity index (χ2n) is 8.15. The van der Waals surface area contributed by atoms with E-state index in [1.807, 2.05) is 31.0 Å². The highest BCUT2D eigenvalue weighted by molar-refractivity contribution is 5.83. The molecule has 1 N–H and O–H groups in total. The fraction of sp³-hybridized carbons (Fsp3) is 0.478. The van der Waals surface area contributed by atoms with E-state index in [-0.39, 0.29) is 30.5 Å². The molecule has 0 radical (unpaired) electrons. The van der Waals surface area contributed by atoms with Gasteiger partial charge in [0, 0.05) is 32.2 Å². The third-order valence-corrected chi connectivity index (χ3v) is 5.76. The number of aromatic nitrogens is 2. The van der Waals surface area contributed by atoms with Gasteiger partial charge < -0.3 is 15.0 Å². The van der Waals surface area contributed by atoms with Crippen LogP contribution in [-0.2, 0) is 22.6 Å². The van der Waals surface area contributed by atoms with Gasteiger partial charge in [0.05, 0.1) is 12.8 Å². The van der Waals surface area contributed by atoms with Crippen molar-refractivity contribution in [3.8, 4) is 5.75 Å². The lowest BCUT2D eigenvalue weighted by atomic mass is 10.1. The number of aryl methyl sites for hydroxylation is 2. The number of hydrogen-bond acceptors (Lipinski definition) is 6. The minimum Gasteiger partial charge on any atom is -0.496 e. The van der Waals surface area contributed by atoms with Gasteiger partial charge in [-0.1, -0.05) is 12.1 Å². The van der Waals surface area contributed by atoms with Crippen molar-refractivity contribution in [1.29, 1.82) is 0 Å². The highest BCUT2D eigenvalue weighted by atomic mass is 16.5. The van der Waals surface area contributed by atoms with Crippen LogP contribution in [0.25, 0.3) is 0 Å². The van der Waals surface area contributed by atoms with E-state index in [0.717, 1.165) is 16.9 Å². The number of amides is 2. The summed E-state index contributed by atoms with van der Waals surface area (Å²) in [6.45, 7) is 5.50. The molecule has 172 valence electrons. The van der Waals surface area contributed by atoms with Crippen LogP contribution in [0.3, 0.4) is 0 Å². The fourth-order valence-electron chi connectivity index (χ4n) is 3.82. The number of carbonyl (C=O) groups excluding carboxylic acids is 2. The Balaban J connectivity index is 1.55. The molecule has 1 aromatic carbocycles. The smallest absolute Gasteiger partial charge is 0.267 e. The van der Waals surface area contributed by atoms with Crippen molar-refractivity contribution in [3.63, 3.8) is 0 Å². The molecule has 1 saturated heterocycles. The molecule has 9 nitrogen and oxygen atoms in total. The van der Waals surface area contributed by atoms with Crippen molar-refractivity contribution in [1.82, 2.24) is 24.9 Å². The molecule has 1 aromatic heterocycles. The average Bonchev–Trinajstić information content (AvgIpc) is 2.76. The second kappa shape index (κ2) is 10.4. The lowest BCUT2D eigenvalue weighted by Gasteiger charge is -2.38. The maximum atomic E-state index is 12.8. The molecule has 0 aliphatic carbocycles. The Morgan fingerprint density at radius 2 is 1.97 bits per heavy atom. The number of piperazine rings is 1. The normalized spacial score (nSPS) is 16.6. The Hall–Kier alpha value is -3.20. The first-order chi connectivity index (χ1) is 15.3. The summed E-state index contributed by atoms with van der Waals surface area (Å²) in [5, 5.41) is 7.11. The Bertz CT molecular complexity index is 1040. The Morgan fingerprint density at radius 3 is 2.69 bits per heavy atom. The fourth-order valence-corrected chi connectivity index (χ4v) is 3.82. The van der Waals surface area contributed by atoms with Crippen LogP contribution in [0.2, 0.25) is 0 Å². The van der Waals surface area contributed by atoms with Crippen LogP contribution in [0.1, 0.15) is 16.8 Å². The van der Waals surface area contributed by atoms with Crippen molar-refractivity contribution >= 4 is 11.8 Å². The van der Waals surface area contributed by atoms with E-state index in [1.54, 1.807) is 25.0 Å². The summed E-state index contributed by atoms with van der Waals surface area (Å²) in [4.78, 5) is 41.1. The van der Waals surface area contributed by atoms with Gasteiger partial charge in [-0.25, -0.2) is 4.68 Å². The highest BCUT2D eigenvalue weighted by Crippen LogP contribution is 2.18. The number of nitrogens with zero attached hydrogens (tertiary/aromatic N) is 4. The third kappa shape index (κ3) is 5.73. The number of nitrogens with one attached hydrogen (secondary N) is 1. The lowest BCUT2D eigenvalue weighted by molar-refractivity contribution is -0.138. The van der Waals surface area contributed by atoms with Gasteiger partial charge in [0.1, 0.15) is 18.3 Å². The molecular formula is C23H31N5O4. The van der Waals surface area contributed by atoms with E-state index in [9.17, 15) is 14.4 Å². The summed E-state index contributed by atoms with van der Waals surface area (Å²) in [5.41, 5.74) is 2.52. The molecule has 2 amide bonds. The van der Waals surface area contributed by atoms with E-state index < -0.39 is 6.04 Å². The van der Waals surface area contributed by atoms with Crippen LogP contribution < -0.4 is 15.6 Å². The second-order valence-corrected chi connectivity index (χ2v) is 8.15. The Kier molecular flexibility index (Phi) is 7.63. The minimum atomic E-state index is -0.438. The molecule has 1 fully saturated rings. The summed E-state index contributed by atoms with van der Waals surface area (Å²) in [5.74, 6) is 0.514. The average molecular weight is 442 g/mol. The van der Waals surface area contributed by atoms with E-state index in [4.69, 9.17) is 4.74 Å². The molecule has 2 heterocycles. The highest BCUT2D eigenvalue weighted by Gasteiger charge is 2.32. The minimum absolute atomic E-state index is 0.110. The molecule has 32 heavy (non-hydrogen) atoms. The first kappa shape index (κ1) is 23.5. The zero-order chi connectivity index (χ0) is 23.3. The molecule has 0 spiro atoms. The van der Waals surface area contributed by atoms with Crippen LogP contribution in [0.5, 0.6) is 5.75 Å². The molecular weight excluding hydrogens is 410 g/mol. The monoisotopic (exact) mass is 441 g/mol. The summed E-state index contributed by atoms with van der Waals surface area (Å²) in [6, 6.07) is 8.56. The van der Waals surface area contributed by atoms with Gasteiger partial charge in [0.2, 0.25) is 11.8 Å². The predicted molar refractivity (Wildman–Crippen MR) is 121 cm³/mol. The zero-order valence-electron chi connectivity index (χ0n) is 19.1. The van der Waals surface area contributed by atoms with Crippen LogP contribution in [0.15, 0.2) is 35.1 Å². The van der Waals surface area contributed by atoms with Crippen LogP contribution >= 0.6 is 0 Å². The van der Waals surface area contributed by atoms with Gasteiger partial charge in [-0.15, -0.1) is 0 Å². The van der Waals surface area contributed by atoms with Crippen molar-refractivity contribution in [2.45, 2.75) is 32.9 Å². The lowest BCUT2D eigenvalue weighted by Crippen LogP contribution is -2.59. The molecule has 1 aliphatic heterocycles. The number of rotatable bonds is 7. The number of methoxy groups -OCH3 is 1. The van der Waals surface area contributed by atoms with E-state index in [1.165, 1.54) is 10.7 Å². The summed E-state index contributed by atoms with van der Waals surface area (Å²) >= 11 is 0. The van der Waals surface area contributed by atoms with E-state index in [0.29, 0.717) is 31.7 Å². The zero-order valence-corrected chi connectivity index (χ0v) is 19.1. The third-order valence-electron chi connectivity index (χ3n) is 5.76. The van der Waals surface area contributed by atoms with Gasteiger partial charge in [-0.2, -0.15) is 5.10 Å². The predicted octanol–water partition coefficient (Wildman–Crippen LogP) is 0.370. The molecule has 1 atom stereocenters. The van der Waals surface area contributed by atoms with Crippen molar-refractivity contribution in [3.05, 3.63) is 57.5 Å². The van der Waals surface area contributed by atoms with Gasteiger partial charge in [0.25, 0.3) is 5.56 Å². The van der Waals surface area contributed by atoms with E-state index in [2.05, 4.69) is 16.5 Å². The number of hydrogen-bond donors (Lipinski definition) is 1. The molecule has 9 heteroatoms. The van der Waals surface area contributed by atoms with Crippen LogP contribution in [-0.4, -0.2) is 77.8 Å². The summed E-state index contributed by atoms with van der Waals surface area (Å²) in [6.07, 6.45) is 0.706. The first-order valence-corrected chi connectivity index (χ1v) is 10.7. The number of likely N-dealkylation sites (N-methyl/N-ethyl adjacent to an activating group) is 1. The Labute approximate surface area is 188 Å². The number of ether oxygens (including phenoxy) is 1. The van der Waals surface area contributed by atoms with Crippen molar-refractivity contribution < 1.29 is 14.3 Å². The number of carbonyl (C=O) groups is 2. The van der Waals surface area contributed by atoms with Gasteiger partial charge in [-0.3, -0.25) is 19.3 Å². The molecule has 0 unspecified atom stereocenters. The molecule has 0 saturated carbocycles. The van der Waals surface area contributed by atoms with Gasteiger partial charge in [0.15, 0.2) is 0 Å². The maximum Gasteiger partial charge on any atom is 0.267 e. The molecule has 3 rings (SSSR count). The maximum absolute atomic E-state index is 12.8. The largest absolute Gasteiger partial charge is 0.496 e. The Morgan fingerprint density at radius 1 is 1.19 bits per heavy atom. The quantitative estimate of drug-likeness (QED) is 0.667. The van der Waals surface area contributed by atoms with Crippen LogP contribution in [0.4, 0.5) is 0 Å². The summed E-state index contributed by atoms with van der Waals surface area (Å²) < 4.78 is 6.45. The van der Waals surface area contributed by atoms with Crippen molar-refractivity contribution in [2.75, 3.05) is 40.3 Å². The molecule has 2 aromatic rings. The number of benzene rings is 1. The summed E-state index contributed by atoms with van der Waals surface area (Å²) in [7, 11) is 3.53. The van der Waals surface area contributed by atoms with Crippen LogP contribution in [0, 0.1) is 13.8 Å². The first-order valence-electron chi connectivity index (χ1n) is 10.7. The van der Waals surface area contributed by atoms with E-state index >= 15 is 0 Å². The van der Waals surface area contributed by atoms with Gasteiger partial charge >= 0.3 is 0 Å². The topological polar surface area (TPSA) is 96.8 Å². The van der Waals surface area contributed by atoms with Gasteiger partial charge in [-0.05, 0) is 50.6 Å². The SMILES string of the molecule is COc1ccc(CCNC(=O)[C@@H]2CN(C(=O)Cn3nc(C)ccc3=O)CCN2C)cc1C. The standard InChI is InChI=1S/C23H31N5O4/c1-16-13-18(6-7-20(16)32-4)9-10-24-23(31)19-14-27(12-11-26(19)3)22(30)15-28-21(29)8-5-17(2)25-28/h5-8,13,19H,9-12,14-15H2,1-4H3,(H,24,31)/t19-/m0/s1.